The Labute approximate surface area is 213 Å². The first kappa shape index (κ1) is 24.4. The predicted octanol–water partition coefficient (Wildman–Crippen LogP) is 3.42. The quantitative estimate of drug-likeness (QED) is 0.471. The fourth-order valence-corrected chi connectivity index (χ4v) is 5.29. The number of aromatic nitrogens is 2. The molecule has 5 rings (SSSR count). The van der Waals surface area contributed by atoms with E-state index in [9.17, 15) is 4.79 Å². The third-order valence-electron chi connectivity index (χ3n) is 7.55. The number of anilines is 2. The average Bonchev–Trinajstić information content (AvgIpc) is 3.35. The van der Waals surface area contributed by atoms with Crippen LogP contribution in [0.25, 0.3) is 11.0 Å². The van der Waals surface area contributed by atoms with Crippen molar-refractivity contribution in [3.05, 3.63) is 48.0 Å². The normalized spacial score (nSPS) is 17.5. The lowest BCUT2D eigenvalue weighted by Crippen LogP contribution is -2.47. The fourth-order valence-electron chi connectivity index (χ4n) is 5.29. The van der Waals surface area contributed by atoms with E-state index in [1.165, 1.54) is 11.3 Å². The van der Waals surface area contributed by atoms with Crippen LogP contribution in [0.3, 0.4) is 0 Å². The number of imidazole rings is 1. The molecule has 2 fully saturated rings. The van der Waals surface area contributed by atoms with Gasteiger partial charge in [-0.05, 0) is 74.7 Å². The van der Waals surface area contributed by atoms with Gasteiger partial charge in [-0.1, -0.05) is 6.07 Å². The molecule has 0 aliphatic carbocycles. The summed E-state index contributed by atoms with van der Waals surface area (Å²) in [5, 5.41) is 3.19. The number of hydrogen-bond acceptors (Lipinski definition) is 6. The Morgan fingerprint density at radius 2 is 1.78 bits per heavy atom. The van der Waals surface area contributed by atoms with Gasteiger partial charge in [0.05, 0.1) is 18.1 Å². The molecule has 0 saturated carbocycles. The highest BCUT2D eigenvalue weighted by atomic mass is 16.5. The van der Waals surface area contributed by atoms with Gasteiger partial charge in [0.25, 0.3) is 0 Å². The number of methoxy groups -OCH3 is 1. The van der Waals surface area contributed by atoms with Gasteiger partial charge in [-0.3, -0.25) is 9.69 Å². The van der Waals surface area contributed by atoms with Crippen molar-refractivity contribution in [2.45, 2.75) is 26.2 Å². The van der Waals surface area contributed by atoms with Crippen LogP contribution in [0.1, 0.15) is 24.8 Å². The number of piperidine rings is 1. The first-order chi connectivity index (χ1) is 17.6. The standard InChI is InChI=1S/C28H38N6O2/c1-21-4-9-25-26(20-21)31-28(30-25)34-14-10-22(11-15-34)27(35)29-12-3-13-32-16-18-33(19-17-32)23-5-7-24(36-2)8-6-23/h4-9,20,22H,3,10-19H2,1-2H3,(H,29,35)(H,30,31). The molecule has 3 heterocycles. The Morgan fingerprint density at radius 3 is 2.50 bits per heavy atom. The zero-order chi connectivity index (χ0) is 24.9. The number of carbonyl (C=O) groups excluding carboxylic acids is 1. The van der Waals surface area contributed by atoms with Crippen molar-refractivity contribution in [1.29, 1.82) is 0 Å². The number of piperazine rings is 1. The third kappa shape index (κ3) is 5.75. The summed E-state index contributed by atoms with van der Waals surface area (Å²) in [5.74, 6) is 2.12. The van der Waals surface area contributed by atoms with Gasteiger partial charge in [-0.15, -0.1) is 0 Å². The highest BCUT2D eigenvalue weighted by Gasteiger charge is 2.26. The molecule has 8 nitrogen and oxygen atoms in total. The maximum atomic E-state index is 12.7. The number of amides is 1. The minimum Gasteiger partial charge on any atom is -0.497 e. The number of carbonyl (C=O) groups is 1. The molecule has 0 unspecified atom stereocenters. The molecule has 0 bridgehead atoms. The molecule has 36 heavy (non-hydrogen) atoms. The summed E-state index contributed by atoms with van der Waals surface area (Å²) in [6, 6.07) is 14.6. The van der Waals surface area contributed by atoms with Gasteiger partial charge in [-0.2, -0.15) is 0 Å². The molecule has 0 atom stereocenters. The zero-order valence-corrected chi connectivity index (χ0v) is 21.5. The Kier molecular flexibility index (Phi) is 7.60. The van der Waals surface area contributed by atoms with E-state index in [2.05, 4.69) is 62.3 Å². The number of benzene rings is 2. The molecule has 2 aliphatic heterocycles. The van der Waals surface area contributed by atoms with Gasteiger partial charge < -0.3 is 24.8 Å². The summed E-state index contributed by atoms with van der Waals surface area (Å²) in [5.41, 5.74) is 4.55. The van der Waals surface area contributed by atoms with E-state index in [4.69, 9.17) is 9.72 Å². The second kappa shape index (κ2) is 11.2. The van der Waals surface area contributed by atoms with E-state index in [0.29, 0.717) is 0 Å². The number of nitrogens with one attached hydrogen (secondary N) is 2. The molecule has 8 heteroatoms. The van der Waals surface area contributed by atoms with Gasteiger partial charge >= 0.3 is 0 Å². The second-order valence-corrected chi connectivity index (χ2v) is 10.0. The van der Waals surface area contributed by atoms with Crippen molar-refractivity contribution in [1.82, 2.24) is 20.2 Å². The molecule has 1 amide bonds. The predicted molar refractivity (Wildman–Crippen MR) is 145 cm³/mol. The number of H-pyrrole nitrogens is 1. The monoisotopic (exact) mass is 490 g/mol. The van der Waals surface area contributed by atoms with Crippen LogP contribution in [0.4, 0.5) is 11.6 Å². The van der Waals surface area contributed by atoms with Crippen LogP contribution in [0, 0.1) is 12.8 Å². The molecule has 2 N–H and O–H groups in total. The van der Waals surface area contributed by atoms with E-state index in [-0.39, 0.29) is 11.8 Å². The molecule has 2 saturated heterocycles. The van der Waals surface area contributed by atoms with Crippen molar-refractivity contribution >= 4 is 28.6 Å². The Hall–Kier alpha value is -3.26. The van der Waals surface area contributed by atoms with Gasteiger partial charge in [0.2, 0.25) is 11.9 Å². The molecule has 3 aromatic rings. The van der Waals surface area contributed by atoms with Crippen molar-refractivity contribution in [2.24, 2.45) is 5.92 Å². The molecular formula is C28H38N6O2. The molecule has 192 valence electrons. The van der Waals surface area contributed by atoms with Crippen LogP contribution in [0.5, 0.6) is 5.75 Å². The van der Waals surface area contributed by atoms with Crippen LogP contribution < -0.4 is 19.9 Å². The van der Waals surface area contributed by atoms with Gasteiger partial charge in [-0.25, -0.2) is 4.98 Å². The molecule has 0 spiro atoms. The van der Waals surface area contributed by atoms with Gasteiger partial charge in [0, 0.05) is 57.4 Å². The van der Waals surface area contributed by atoms with Crippen LogP contribution in [-0.2, 0) is 4.79 Å². The molecule has 2 aliphatic rings. The van der Waals surface area contributed by atoms with Crippen molar-refractivity contribution < 1.29 is 9.53 Å². The van der Waals surface area contributed by atoms with Crippen molar-refractivity contribution in [2.75, 3.05) is 69.3 Å². The fraction of sp³-hybridized carbons (Fsp3) is 0.500. The lowest BCUT2D eigenvalue weighted by molar-refractivity contribution is -0.125. The molecule has 2 aromatic carbocycles. The molecular weight excluding hydrogens is 452 g/mol. The van der Waals surface area contributed by atoms with Crippen LogP contribution in [0.15, 0.2) is 42.5 Å². The Bertz CT molecular complexity index is 1140. The summed E-state index contributed by atoms with van der Waals surface area (Å²) in [6.07, 6.45) is 2.73. The lowest BCUT2D eigenvalue weighted by Gasteiger charge is -2.36. The number of rotatable bonds is 8. The highest BCUT2D eigenvalue weighted by Crippen LogP contribution is 2.24. The van der Waals surface area contributed by atoms with E-state index in [0.717, 1.165) is 94.4 Å². The van der Waals surface area contributed by atoms with E-state index in [1.807, 2.05) is 12.1 Å². The van der Waals surface area contributed by atoms with E-state index in [1.54, 1.807) is 7.11 Å². The number of aromatic amines is 1. The van der Waals surface area contributed by atoms with E-state index >= 15 is 0 Å². The van der Waals surface area contributed by atoms with Crippen molar-refractivity contribution in [3.63, 3.8) is 0 Å². The van der Waals surface area contributed by atoms with Gasteiger partial charge in [0.1, 0.15) is 5.75 Å². The largest absolute Gasteiger partial charge is 0.497 e. The molecule has 1 aromatic heterocycles. The summed E-state index contributed by atoms with van der Waals surface area (Å²) in [4.78, 5) is 28.1. The highest BCUT2D eigenvalue weighted by molar-refractivity contribution is 5.80. The SMILES string of the molecule is COc1ccc(N2CCN(CCCNC(=O)C3CCN(c4nc5ccc(C)cc5[nH]4)CC3)CC2)cc1. The van der Waals surface area contributed by atoms with Crippen LogP contribution in [0.2, 0.25) is 0 Å². The summed E-state index contributed by atoms with van der Waals surface area (Å²) in [7, 11) is 1.70. The topological polar surface area (TPSA) is 76.7 Å². The van der Waals surface area contributed by atoms with E-state index < -0.39 is 0 Å². The number of fused-ring (bicyclic) bond motifs is 1. The summed E-state index contributed by atoms with van der Waals surface area (Å²) in [6.45, 7) is 9.75. The minimum atomic E-state index is 0.0981. The second-order valence-electron chi connectivity index (χ2n) is 10.0. The third-order valence-corrected chi connectivity index (χ3v) is 7.55. The maximum Gasteiger partial charge on any atom is 0.223 e. The first-order valence-corrected chi connectivity index (χ1v) is 13.2. The van der Waals surface area contributed by atoms with Gasteiger partial charge in [0.15, 0.2) is 0 Å². The minimum absolute atomic E-state index is 0.0981. The van der Waals surface area contributed by atoms with Crippen molar-refractivity contribution in [3.8, 4) is 5.75 Å². The maximum absolute atomic E-state index is 12.7. The molecule has 0 radical (unpaired) electrons. The smallest absolute Gasteiger partial charge is 0.223 e. The Balaban J connectivity index is 0.984. The number of ether oxygens (including phenoxy) is 1. The van der Waals surface area contributed by atoms with Crippen LogP contribution in [-0.4, -0.2) is 80.2 Å². The van der Waals surface area contributed by atoms with Crippen LogP contribution >= 0.6 is 0 Å². The number of aryl methyl sites for hydroxylation is 1. The summed E-state index contributed by atoms with van der Waals surface area (Å²) < 4.78 is 5.26. The zero-order valence-electron chi connectivity index (χ0n) is 21.5. The Morgan fingerprint density at radius 1 is 1.03 bits per heavy atom. The average molecular weight is 491 g/mol. The summed E-state index contributed by atoms with van der Waals surface area (Å²) >= 11 is 0. The lowest BCUT2D eigenvalue weighted by atomic mass is 9.96. The number of nitrogens with zero attached hydrogens (tertiary/aromatic N) is 4. The number of hydrogen-bond donors (Lipinski definition) is 2. The first-order valence-electron chi connectivity index (χ1n) is 13.2.